The van der Waals surface area contributed by atoms with Crippen LogP contribution < -0.4 is 4.89 Å². The largest absolute Gasteiger partial charge is 0.339 e. The molecule has 0 saturated carbocycles. The van der Waals surface area contributed by atoms with Gasteiger partial charge in [0.1, 0.15) is 0 Å². The second-order valence-electron chi connectivity index (χ2n) is 2.03. The predicted molar refractivity (Wildman–Crippen MR) is 42.1 cm³/mol. The van der Waals surface area contributed by atoms with Crippen LogP contribution in [-0.4, -0.2) is 5.26 Å². The molecule has 0 atom stereocenters. The maximum atomic E-state index is 8.31. The summed E-state index contributed by atoms with van der Waals surface area (Å²) < 4.78 is 0.751. The molecule has 0 aromatic heterocycles. The van der Waals surface area contributed by atoms with E-state index in [1.54, 1.807) is 6.07 Å². The first-order valence-corrected chi connectivity index (χ1v) is 3.61. The Bertz CT molecular complexity index is 235. The molecular weight excluding hydrogens is 196 g/mol. The fourth-order valence-electron chi connectivity index (χ4n) is 0.681. The summed E-state index contributed by atoms with van der Waals surface area (Å²) in [4.78, 5) is 4.08. The summed E-state index contributed by atoms with van der Waals surface area (Å²) in [5.41, 5.74) is 1.05. The Morgan fingerprint density at radius 3 is 2.70 bits per heavy atom. The molecule has 0 aliphatic rings. The monoisotopic (exact) mass is 202 g/mol. The van der Waals surface area contributed by atoms with Crippen molar-refractivity contribution in [3.8, 4) is 5.75 Å². The van der Waals surface area contributed by atoms with Gasteiger partial charge in [0, 0.05) is 0 Å². The van der Waals surface area contributed by atoms with Crippen molar-refractivity contribution in [2.24, 2.45) is 0 Å². The molecule has 1 N–H and O–H groups in total. The first kappa shape index (κ1) is 7.57. The second kappa shape index (κ2) is 3.03. The average molecular weight is 203 g/mol. The van der Waals surface area contributed by atoms with E-state index in [0.717, 1.165) is 10.0 Å². The van der Waals surface area contributed by atoms with Crippen molar-refractivity contribution in [3.63, 3.8) is 0 Å². The van der Waals surface area contributed by atoms with Gasteiger partial charge in [0.05, 0.1) is 4.47 Å². The minimum Gasteiger partial charge on any atom is -0.339 e. The summed E-state index contributed by atoms with van der Waals surface area (Å²) >= 11 is 3.21. The van der Waals surface area contributed by atoms with Crippen LogP contribution in [0.2, 0.25) is 0 Å². The van der Waals surface area contributed by atoms with Crippen molar-refractivity contribution in [1.82, 2.24) is 0 Å². The number of aryl methyl sites for hydroxylation is 1. The zero-order chi connectivity index (χ0) is 7.56. The number of benzene rings is 1. The van der Waals surface area contributed by atoms with Crippen molar-refractivity contribution in [1.29, 1.82) is 0 Å². The summed E-state index contributed by atoms with van der Waals surface area (Å²) in [5.74, 6) is 0.444. The first-order chi connectivity index (χ1) is 4.74. The third kappa shape index (κ3) is 1.49. The quantitative estimate of drug-likeness (QED) is 0.561. The van der Waals surface area contributed by atoms with Crippen LogP contribution in [0.15, 0.2) is 22.7 Å². The van der Waals surface area contributed by atoms with E-state index in [0.29, 0.717) is 5.75 Å². The van der Waals surface area contributed by atoms with Crippen LogP contribution >= 0.6 is 15.9 Å². The van der Waals surface area contributed by atoms with Crippen LogP contribution in [-0.2, 0) is 0 Å². The van der Waals surface area contributed by atoms with E-state index in [1.807, 2.05) is 19.1 Å². The molecule has 0 radical (unpaired) electrons. The van der Waals surface area contributed by atoms with Gasteiger partial charge in [-0.2, -0.15) is 0 Å². The molecular formula is C7H7BrO2. The van der Waals surface area contributed by atoms with E-state index >= 15 is 0 Å². The van der Waals surface area contributed by atoms with Crippen molar-refractivity contribution in [3.05, 3.63) is 28.2 Å². The van der Waals surface area contributed by atoms with Gasteiger partial charge in [-0.1, -0.05) is 6.07 Å². The van der Waals surface area contributed by atoms with Gasteiger partial charge in [-0.05, 0) is 40.5 Å². The molecule has 0 heterocycles. The molecule has 0 bridgehead atoms. The van der Waals surface area contributed by atoms with Crippen LogP contribution in [0.1, 0.15) is 5.56 Å². The van der Waals surface area contributed by atoms with Crippen molar-refractivity contribution < 1.29 is 10.1 Å². The Kier molecular flexibility index (Phi) is 2.29. The molecule has 0 aliphatic heterocycles. The normalized spacial score (nSPS) is 9.50. The predicted octanol–water partition coefficient (Wildman–Crippen LogP) is 2.61. The molecule has 3 heteroatoms. The minimum absolute atomic E-state index is 0.444. The van der Waals surface area contributed by atoms with Gasteiger partial charge in [-0.15, -0.1) is 0 Å². The average Bonchev–Trinajstić information content (AvgIpc) is 1.94. The number of halogens is 1. The lowest BCUT2D eigenvalue weighted by molar-refractivity contribution is -0.138. The number of hydrogen-bond donors (Lipinski definition) is 1. The molecule has 2 nitrogen and oxygen atoms in total. The molecule has 10 heavy (non-hydrogen) atoms. The Morgan fingerprint density at radius 2 is 2.20 bits per heavy atom. The molecule has 0 spiro atoms. The van der Waals surface area contributed by atoms with Gasteiger partial charge >= 0.3 is 0 Å². The smallest absolute Gasteiger partial charge is 0.179 e. The van der Waals surface area contributed by atoms with Crippen LogP contribution in [0.5, 0.6) is 5.75 Å². The Morgan fingerprint density at radius 1 is 1.50 bits per heavy atom. The number of hydrogen-bond acceptors (Lipinski definition) is 2. The minimum atomic E-state index is 0.444. The molecule has 0 amide bonds. The molecule has 1 rings (SSSR count). The third-order valence-corrected chi connectivity index (χ3v) is 1.84. The van der Waals surface area contributed by atoms with Gasteiger partial charge in [-0.25, -0.2) is 5.26 Å². The van der Waals surface area contributed by atoms with E-state index in [4.69, 9.17) is 5.26 Å². The lowest BCUT2D eigenvalue weighted by atomic mass is 10.2. The van der Waals surface area contributed by atoms with E-state index < -0.39 is 0 Å². The molecule has 1 aromatic carbocycles. The Balaban J connectivity index is 3.09. The van der Waals surface area contributed by atoms with E-state index in [9.17, 15) is 0 Å². The summed E-state index contributed by atoms with van der Waals surface area (Å²) in [6, 6.07) is 5.48. The molecule has 1 aromatic rings. The zero-order valence-electron chi connectivity index (χ0n) is 5.47. The zero-order valence-corrected chi connectivity index (χ0v) is 7.05. The topological polar surface area (TPSA) is 29.5 Å². The van der Waals surface area contributed by atoms with E-state index in [-0.39, 0.29) is 0 Å². The molecule has 0 fully saturated rings. The van der Waals surface area contributed by atoms with Gasteiger partial charge in [0.15, 0.2) is 5.75 Å². The van der Waals surface area contributed by atoms with Crippen LogP contribution in [0.25, 0.3) is 0 Å². The maximum Gasteiger partial charge on any atom is 0.179 e. The molecule has 54 valence electrons. The highest BCUT2D eigenvalue weighted by Gasteiger charge is 1.98. The highest BCUT2D eigenvalue weighted by molar-refractivity contribution is 9.10. The SMILES string of the molecule is Cc1ccc(Br)c(OO)c1. The van der Waals surface area contributed by atoms with Gasteiger partial charge < -0.3 is 4.89 Å². The summed E-state index contributed by atoms with van der Waals surface area (Å²) in [6.45, 7) is 1.93. The Labute approximate surface area is 67.5 Å². The van der Waals surface area contributed by atoms with Crippen LogP contribution in [0, 0.1) is 6.92 Å². The van der Waals surface area contributed by atoms with Crippen LogP contribution in [0.3, 0.4) is 0 Å². The van der Waals surface area contributed by atoms with Crippen LogP contribution in [0.4, 0.5) is 0 Å². The highest BCUT2D eigenvalue weighted by Crippen LogP contribution is 2.24. The fourth-order valence-corrected chi connectivity index (χ4v) is 1.000. The van der Waals surface area contributed by atoms with Gasteiger partial charge in [-0.3, -0.25) is 0 Å². The Hall–Kier alpha value is -0.540. The maximum absolute atomic E-state index is 8.31. The molecule has 0 aliphatic carbocycles. The van der Waals surface area contributed by atoms with Gasteiger partial charge in [0.25, 0.3) is 0 Å². The standard InChI is InChI=1S/C7H7BrO2/c1-5-2-3-6(8)7(4-5)10-9/h2-4,9H,1H3. The van der Waals surface area contributed by atoms with Crippen molar-refractivity contribution in [2.45, 2.75) is 6.92 Å². The highest BCUT2D eigenvalue weighted by atomic mass is 79.9. The molecule has 0 saturated heterocycles. The fraction of sp³-hybridized carbons (Fsp3) is 0.143. The van der Waals surface area contributed by atoms with Crippen molar-refractivity contribution in [2.75, 3.05) is 0 Å². The summed E-state index contributed by atoms with van der Waals surface area (Å²) in [6.07, 6.45) is 0. The van der Waals surface area contributed by atoms with Gasteiger partial charge in [0.2, 0.25) is 0 Å². The second-order valence-corrected chi connectivity index (χ2v) is 2.88. The third-order valence-electron chi connectivity index (χ3n) is 1.19. The van der Waals surface area contributed by atoms with E-state index in [1.165, 1.54) is 0 Å². The summed E-state index contributed by atoms with van der Waals surface area (Å²) in [5, 5.41) is 8.31. The lowest BCUT2D eigenvalue weighted by Gasteiger charge is -1.99. The number of rotatable bonds is 1. The lowest BCUT2D eigenvalue weighted by Crippen LogP contribution is -1.85. The summed E-state index contributed by atoms with van der Waals surface area (Å²) in [7, 11) is 0. The van der Waals surface area contributed by atoms with E-state index in [2.05, 4.69) is 20.8 Å². The van der Waals surface area contributed by atoms with Crippen molar-refractivity contribution >= 4 is 15.9 Å². The first-order valence-electron chi connectivity index (χ1n) is 2.81. The molecule has 0 unspecified atom stereocenters.